The third-order valence-electron chi connectivity index (χ3n) is 2.81. The molecule has 3 nitrogen and oxygen atoms in total. The first-order valence-electron chi connectivity index (χ1n) is 6.20. The molecule has 0 bridgehead atoms. The predicted molar refractivity (Wildman–Crippen MR) is 82.4 cm³/mol. The minimum absolute atomic E-state index is 0.0443. The van der Waals surface area contributed by atoms with Gasteiger partial charge >= 0.3 is 0 Å². The van der Waals surface area contributed by atoms with Crippen LogP contribution < -0.4 is 10.6 Å². The second-order valence-corrected chi connectivity index (χ2v) is 5.34. The van der Waals surface area contributed by atoms with Gasteiger partial charge in [-0.3, -0.25) is 4.79 Å². The predicted octanol–water partition coefficient (Wildman–Crippen LogP) is 4.09. The Balaban J connectivity index is 1.95. The van der Waals surface area contributed by atoms with E-state index in [1.54, 1.807) is 6.07 Å². The summed E-state index contributed by atoms with van der Waals surface area (Å²) < 4.78 is 27.3. The molecule has 0 saturated carbocycles. The van der Waals surface area contributed by atoms with Crippen molar-refractivity contribution in [2.75, 3.05) is 17.2 Å². The van der Waals surface area contributed by atoms with E-state index in [2.05, 4.69) is 26.6 Å². The molecule has 0 aromatic heterocycles. The van der Waals surface area contributed by atoms with Crippen molar-refractivity contribution in [3.05, 3.63) is 58.1 Å². The van der Waals surface area contributed by atoms with Crippen molar-refractivity contribution in [2.24, 2.45) is 0 Å². The first-order chi connectivity index (χ1) is 9.95. The number of carbonyl (C=O) groups excluding carboxylic acids is 1. The molecule has 0 unspecified atom stereocenters. The lowest BCUT2D eigenvalue weighted by atomic mass is 10.2. The number of aryl methyl sites for hydroxylation is 1. The van der Waals surface area contributed by atoms with Gasteiger partial charge in [0.05, 0.1) is 12.2 Å². The molecule has 0 fully saturated rings. The Labute approximate surface area is 129 Å². The molecule has 1 amide bonds. The quantitative estimate of drug-likeness (QED) is 0.868. The highest BCUT2D eigenvalue weighted by atomic mass is 79.9. The van der Waals surface area contributed by atoms with Crippen LogP contribution in [-0.2, 0) is 4.79 Å². The molecule has 2 aromatic carbocycles. The Morgan fingerprint density at radius 1 is 1.19 bits per heavy atom. The average Bonchev–Trinajstić information content (AvgIpc) is 2.44. The molecule has 0 aliphatic heterocycles. The van der Waals surface area contributed by atoms with E-state index in [-0.39, 0.29) is 18.1 Å². The molecule has 2 aromatic rings. The maximum atomic E-state index is 13.4. The number of hydrogen-bond donors (Lipinski definition) is 2. The Morgan fingerprint density at radius 2 is 1.95 bits per heavy atom. The first kappa shape index (κ1) is 15.4. The van der Waals surface area contributed by atoms with E-state index in [0.717, 1.165) is 28.2 Å². The molecule has 0 aliphatic rings. The normalized spacial score (nSPS) is 10.3. The summed E-state index contributed by atoms with van der Waals surface area (Å²) in [6.45, 7) is 1.75. The summed E-state index contributed by atoms with van der Waals surface area (Å²) in [5.41, 5.74) is 1.58. The highest BCUT2D eigenvalue weighted by molar-refractivity contribution is 9.10. The standard InChI is InChI=1S/C15H13BrF2N2O/c1-9-6-11(3-4-12(9)16)20-15(21)8-19-14-7-10(17)2-5-13(14)18/h2-7,19H,8H2,1H3,(H,20,21). The minimum atomic E-state index is -0.608. The van der Waals surface area contributed by atoms with Crippen LogP contribution in [0, 0.1) is 18.6 Å². The van der Waals surface area contributed by atoms with Gasteiger partial charge in [-0.25, -0.2) is 8.78 Å². The fourth-order valence-corrected chi connectivity index (χ4v) is 1.98. The third-order valence-corrected chi connectivity index (χ3v) is 3.70. The molecule has 6 heteroatoms. The fraction of sp³-hybridized carbons (Fsp3) is 0.133. The summed E-state index contributed by atoms with van der Waals surface area (Å²) in [7, 11) is 0. The molecule has 110 valence electrons. The van der Waals surface area contributed by atoms with Crippen LogP contribution in [0.1, 0.15) is 5.56 Å². The molecule has 0 atom stereocenters. The zero-order chi connectivity index (χ0) is 15.4. The van der Waals surface area contributed by atoms with Crippen molar-refractivity contribution in [3.8, 4) is 0 Å². The second-order valence-electron chi connectivity index (χ2n) is 4.49. The largest absolute Gasteiger partial charge is 0.374 e. The van der Waals surface area contributed by atoms with Crippen LogP contribution in [0.4, 0.5) is 20.2 Å². The minimum Gasteiger partial charge on any atom is -0.374 e. The van der Waals surface area contributed by atoms with Gasteiger partial charge in [-0.15, -0.1) is 0 Å². The molecule has 0 radical (unpaired) electrons. The van der Waals surface area contributed by atoms with E-state index >= 15 is 0 Å². The third kappa shape index (κ3) is 4.26. The summed E-state index contributed by atoms with van der Waals surface area (Å²) >= 11 is 3.37. The number of carbonyl (C=O) groups is 1. The van der Waals surface area contributed by atoms with E-state index in [9.17, 15) is 13.6 Å². The number of hydrogen-bond acceptors (Lipinski definition) is 2. The lowest BCUT2D eigenvalue weighted by molar-refractivity contribution is -0.114. The van der Waals surface area contributed by atoms with Crippen molar-refractivity contribution in [1.82, 2.24) is 0 Å². The van der Waals surface area contributed by atoms with Gasteiger partial charge in [-0.1, -0.05) is 15.9 Å². The van der Waals surface area contributed by atoms with E-state index in [1.807, 2.05) is 19.1 Å². The zero-order valence-electron chi connectivity index (χ0n) is 11.2. The number of amides is 1. The Morgan fingerprint density at radius 3 is 2.67 bits per heavy atom. The Kier molecular flexibility index (Phi) is 4.90. The molecular formula is C15H13BrF2N2O. The summed E-state index contributed by atoms with van der Waals surface area (Å²) in [6, 6.07) is 8.42. The Hall–Kier alpha value is -1.95. The van der Waals surface area contributed by atoms with Crippen molar-refractivity contribution >= 4 is 33.2 Å². The monoisotopic (exact) mass is 354 g/mol. The highest BCUT2D eigenvalue weighted by Crippen LogP contribution is 2.20. The van der Waals surface area contributed by atoms with Gasteiger partial charge in [0.25, 0.3) is 0 Å². The van der Waals surface area contributed by atoms with Gasteiger partial charge in [-0.05, 0) is 48.9 Å². The molecule has 0 saturated heterocycles. The van der Waals surface area contributed by atoms with Crippen molar-refractivity contribution in [2.45, 2.75) is 6.92 Å². The number of rotatable bonds is 4. The first-order valence-corrected chi connectivity index (χ1v) is 7.00. The summed E-state index contributed by atoms with van der Waals surface area (Å²) in [6.07, 6.45) is 0. The van der Waals surface area contributed by atoms with Gasteiger partial charge in [0.2, 0.25) is 5.91 Å². The average molecular weight is 355 g/mol. The van der Waals surface area contributed by atoms with Crippen molar-refractivity contribution in [3.63, 3.8) is 0 Å². The molecule has 0 spiro atoms. The van der Waals surface area contributed by atoms with Gasteiger partial charge in [0.1, 0.15) is 11.6 Å². The van der Waals surface area contributed by atoms with E-state index < -0.39 is 11.6 Å². The van der Waals surface area contributed by atoms with E-state index in [0.29, 0.717) is 5.69 Å². The van der Waals surface area contributed by atoms with Crippen molar-refractivity contribution in [1.29, 1.82) is 0 Å². The molecule has 2 N–H and O–H groups in total. The fourth-order valence-electron chi connectivity index (χ4n) is 1.74. The zero-order valence-corrected chi connectivity index (χ0v) is 12.8. The Bertz CT molecular complexity index is 677. The lowest BCUT2D eigenvalue weighted by Gasteiger charge is -2.09. The summed E-state index contributed by atoms with van der Waals surface area (Å²) in [5.74, 6) is -1.52. The van der Waals surface area contributed by atoms with Crippen LogP contribution in [0.3, 0.4) is 0 Å². The number of benzene rings is 2. The smallest absolute Gasteiger partial charge is 0.243 e. The van der Waals surface area contributed by atoms with Gasteiger partial charge < -0.3 is 10.6 Å². The van der Waals surface area contributed by atoms with Gasteiger partial charge in [0, 0.05) is 10.2 Å². The number of halogens is 3. The van der Waals surface area contributed by atoms with Crippen LogP contribution in [0.5, 0.6) is 0 Å². The van der Waals surface area contributed by atoms with Gasteiger partial charge in [0.15, 0.2) is 0 Å². The van der Waals surface area contributed by atoms with Crippen LogP contribution >= 0.6 is 15.9 Å². The summed E-state index contributed by atoms with van der Waals surface area (Å²) in [4.78, 5) is 11.8. The van der Waals surface area contributed by atoms with Gasteiger partial charge in [-0.2, -0.15) is 0 Å². The maximum absolute atomic E-state index is 13.4. The molecule has 0 aliphatic carbocycles. The number of anilines is 2. The van der Waals surface area contributed by atoms with E-state index in [4.69, 9.17) is 0 Å². The molecule has 0 heterocycles. The second kappa shape index (κ2) is 6.67. The summed E-state index contributed by atoms with van der Waals surface area (Å²) in [5, 5.41) is 5.24. The number of nitrogens with one attached hydrogen (secondary N) is 2. The van der Waals surface area contributed by atoms with Crippen LogP contribution in [0.25, 0.3) is 0 Å². The maximum Gasteiger partial charge on any atom is 0.243 e. The lowest BCUT2D eigenvalue weighted by Crippen LogP contribution is -2.22. The molecule has 2 rings (SSSR count). The van der Waals surface area contributed by atoms with Crippen molar-refractivity contribution < 1.29 is 13.6 Å². The molecule has 21 heavy (non-hydrogen) atoms. The molecular weight excluding hydrogens is 342 g/mol. The highest BCUT2D eigenvalue weighted by Gasteiger charge is 2.07. The van der Waals surface area contributed by atoms with Crippen LogP contribution in [-0.4, -0.2) is 12.5 Å². The van der Waals surface area contributed by atoms with Crippen LogP contribution in [0.15, 0.2) is 40.9 Å². The van der Waals surface area contributed by atoms with Crippen LogP contribution in [0.2, 0.25) is 0 Å². The topological polar surface area (TPSA) is 41.1 Å². The van der Waals surface area contributed by atoms with E-state index in [1.165, 1.54) is 0 Å². The SMILES string of the molecule is Cc1cc(NC(=O)CNc2cc(F)ccc2F)ccc1Br.